The fourth-order valence-corrected chi connectivity index (χ4v) is 4.20. The Kier molecular flexibility index (Phi) is 13.9. The van der Waals surface area contributed by atoms with Gasteiger partial charge in [-0.05, 0) is 31.7 Å². The number of benzodiazepines with no additional fused rings is 1. The number of nitrogens with two attached hydrogens (primary N) is 2. The van der Waals surface area contributed by atoms with Crippen molar-refractivity contribution in [3.05, 3.63) is 65.7 Å². The van der Waals surface area contributed by atoms with Crippen LogP contribution in [-0.4, -0.2) is 60.7 Å². The smallest absolute Gasteiger partial charge is 0.389 e. The molecule has 3 amide bonds. The van der Waals surface area contributed by atoms with E-state index in [1.807, 2.05) is 6.07 Å². The summed E-state index contributed by atoms with van der Waals surface area (Å²) in [6.07, 6.45) is -10.7. The third-order valence-electron chi connectivity index (χ3n) is 7.10. The van der Waals surface area contributed by atoms with Crippen molar-refractivity contribution in [1.82, 2.24) is 5.32 Å². The largest absolute Gasteiger partial charge is 0.442 e. The predicted octanol–water partition coefficient (Wildman–Crippen LogP) is 4.73. The van der Waals surface area contributed by atoms with Crippen molar-refractivity contribution in [3.63, 3.8) is 0 Å². The first-order valence-corrected chi connectivity index (χ1v) is 14.6. The summed E-state index contributed by atoms with van der Waals surface area (Å²) in [5, 5.41) is 2.54. The molecular formula is C31H37F6N5O5. The Morgan fingerprint density at radius 3 is 2.11 bits per heavy atom. The van der Waals surface area contributed by atoms with Crippen molar-refractivity contribution < 1.29 is 50.3 Å². The zero-order valence-electron chi connectivity index (χ0n) is 25.7. The van der Waals surface area contributed by atoms with Gasteiger partial charge in [-0.1, -0.05) is 62.4 Å². The molecule has 1 fully saturated rings. The van der Waals surface area contributed by atoms with Gasteiger partial charge in [-0.2, -0.15) is 26.3 Å². The quantitative estimate of drug-likeness (QED) is 0.198. The maximum atomic E-state index is 13.7. The molecule has 0 radical (unpaired) electrons. The van der Waals surface area contributed by atoms with Crippen molar-refractivity contribution in [2.45, 2.75) is 76.4 Å². The number of nitrogens with one attached hydrogen (secondary N) is 1. The number of fused-ring (bicyclic) bond motifs is 1. The molecular weight excluding hydrogens is 636 g/mol. The van der Waals surface area contributed by atoms with Crippen molar-refractivity contribution in [2.24, 2.45) is 22.4 Å². The summed E-state index contributed by atoms with van der Waals surface area (Å²) in [5.41, 5.74) is 11.0. The molecule has 1 saturated carbocycles. The highest BCUT2D eigenvalue weighted by Gasteiger charge is 2.48. The molecule has 2 aromatic rings. The summed E-state index contributed by atoms with van der Waals surface area (Å²) in [5.74, 6) is -3.02. The first kappa shape index (κ1) is 38.7. The van der Waals surface area contributed by atoms with E-state index < -0.39 is 73.8 Å². The van der Waals surface area contributed by atoms with Crippen molar-refractivity contribution in [3.8, 4) is 0 Å². The summed E-state index contributed by atoms with van der Waals surface area (Å²) in [6, 6.07) is 15.9. The number of hydrogen-bond donors (Lipinski definition) is 3. The molecule has 1 heterocycles. The third-order valence-corrected chi connectivity index (χ3v) is 7.10. The van der Waals surface area contributed by atoms with Crippen LogP contribution in [0.3, 0.4) is 0 Å². The van der Waals surface area contributed by atoms with Crippen LogP contribution in [0.5, 0.6) is 0 Å². The van der Waals surface area contributed by atoms with Crippen LogP contribution in [0.4, 0.5) is 32.0 Å². The second kappa shape index (κ2) is 16.9. The summed E-state index contributed by atoms with van der Waals surface area (Å²) >= 11 is 0. The number of benzene rings is 2. The van der Waals surface area contributed by atoms with Gasteiger partial charge in [-0.25, -0.2) is 9.79 Å². The normalized spacial score (nSPS) is 17.2. The van der Waals surface area contributed by atoms with Gasteiger partial charge in [0.15, 0.2) is 6.73 Å². The number of primary amides is 1. The molecule has 16 heteroatoms. The summed E-state index contributed by atoms with van der Waals surface area (Å²) in [7, 11) is 0. The first-order chi connectivity index (χ1) is 22.0. The van der Waals surface area contributed by atoms with E-state index in [1.165, 1.54) is 4.90 Å². The van der Waals surface area contributed by atoms with Crippen LogP contribution in [0.1, 0.15) is 63.5 Å². The van der Waals surface area contributed by atoms with Crippen LogP contribution >= 0.6 is 0 Å². The van der Waals surface area contributed by atoms with Gasteiger partial charge in [0.25, 0.3) is 5.91 Å². The van der Waals surface area contributed by atoms with Gasteiger partial charge in [0.05, 0.1) is 11.4 Å². The van der Waals surface area contributed by atoms with Crippen LogP contribution in [0.15, 0.2) is 59.6 Å². The predicted molar refractivity (Wildman–Crippen MR) is 161 cm³/mol. The van der Waals surface area contributed by atoms with Crippen LogP contribution < -0.4 is 21.7 Å². The number of hydrogen-bond acceptors (Lipinski definition) is 7. The fraction of sp³-hybridized carbons (Fsp3) is 0.452. The molecule has 0 bridgehead atoms. The molecule has 2 atom stereocenters. The molecule has 4 rings (SSSR count). The Bertz CT molecular complexity index is 1400. The maximum Gasteiger partial charge on any atom is 0.389 e. The average molecular weight is 674 g/mol. The van der Waals surface area contributed by atoms with Gasteiger partial charge in [0.1, 0.15) is 5.54 Å². The van der Waals surface area contributed by atoms with E-state index in [2.05, 4.69) is 16.0 Å². The van der Waals surface area contributed by atoms with Crippen LogP contribution in [0, 0.1) is 5.92 Å². The van der Waals surface area contributed by atoms with Gasteiger partial charge in [-0.3, -0.25) is 19.3 Å². The lowest BCUT2D eigenvalue weighted by atomic mass is 9.99. The van der Waals surface area contributed by atoms with E-state index in [1.54, 1.807) is 55.5 Å². The Morgan fingerprint density at radius 2 is 1.60 bits per heavy atom. The lowest BCUT2D eigenvalue weighted by Gasteiger charge is -2.26. The summed E-state index contributed by atoms with van der Waals surface area (Å²) < 4.78 is 76.2. The van der Waals surface area contributed by atoms with E-state index >= 15 is 0 Å². The first-order valence-electron chi connectivity index (χ1n) is 14.6. The fourth-order valence-electron chi connectivity index (χ4n) is 4.20. The van der Waals surface area contributed by atoms with E-state index in [0.717, 1.165) is 6.92 Å². The minimum absolute atomic E-state index is 0.151. The van der Waals surface area contributed by atoms with Gasteiger partial charge >= 0.3 is 18.3 Å². The highest BCUT2D eigenvalue weighted by molar-refractivity contribution is 6.20. The second-order valence-corrected chi connectivity index (χ2v) is 10.6. The van der Waals surface area contributed by atoms with E-state index in [9.17, 15) is 40.7 Å². The van der Waals surface area contributed by atoms with Crippen LogP contribution in [-0.2, 0) is 23.9 Å². The number of rotatable bonds is 9. The van der Waals surface area contributed by atoms with Crippen molar-refractivity contribution in [2.75, 3.05) is 11.6 Å². The molecule has 1 aliphatic heterocycles. The molecule has 0 aromatic heterocycles. The average Bonchev–Trinajstić information content (AvgIpc) is 3.79. The Balaban J connectivity index is 0.000000756. The molecule has 10 nitrogen and oxygen atoms in total. The monoisotopic (exact) mass is 673 g/mol. The van der Waals surface area contributed by atoms with Gasteiger partial charge in [-0.15, -0.1) is 0 Å². The van der Waals surface area contributed by atoms with E-state index in [0.29, 0.717) is 35.4 Å². The minimum atomic E-state index is -4.41. The molecule has 5 N–H and O–H groups in total. The lowest BCUT2D eigenvalue weighted by molar-refractivity contribution is -0.147. The number of ether oxygens (including phenoxy) is 1. The summed E-state index contributed by atoms with van der Waals surface area (Å²) in [4.78, 5) is 53.5. The van der Waals surface area contributed by atoms with Gasteiger partial charge in [0, 0.05) is 29.9 Å². The topological polar surface area (TPSA) is 157 Å². The molecule has 0 saturated heterocycles. The van der Waals surface area contributed by atoms with Crippen LogP contribution in [0.25, 0.3) is 0 Å². The molecule has 1 aliphatic carbocycles. The lowest BCUT2D eigenvalue weighted by Crippen LogP contribution is -2.50. The Labute approximate surface area is 267 Å². The number of anilines is 1. The van der Waals surface area contributed by atoms with Gasteiger partial charge < -0.3 is 21.5 Å². The molecule has 2 aliphatic rings. The molecule has 2 aromatic carbocycles. The molecule has 0 spiro atoms. The second-order valence-electron chi connectivity index (χ2n) is 10.6. The zero-order chi connectivity index (χ0) is 35.4. The highest BCUT2D eigenvalue weighted by Crippen LogP contribution is 2.34. The number of amides is 3. The Morgan fingerprint density at radius 1 is 1.04 bits per heavy atom. The van der Waals surface area contributed by atoms with Crippen molar-refractivity contribution >= 4 is 35.6 Å². The number of esters is 1. The molecule has 0 unspecified atom stereocenters. The highest BCUT2D eigenvalue weighted by atomic mass is 19.4. The molecule has 258 valence electrons. The van der Waals surface area contributed by atoms with E-state index in [-0.39, 0.29) is 12.8 Å². The minimum Gasteiger partial charge on any atom is -0.442 e. The third kappa shape index (κ3) is 12.0. The summed E-state index contributed by atoms with van der Waals surface area (Å²) in [6.45, 7) is 2.22. The number of aliphatic imine (C=N–C) groups is 1. The van der Waals surface area contributed by atoms with Gasteiger partial charge in [0.2, 0.25) is 18.5 Å². The number of nitrogens with zero attached hydrogens (tertiary/aromatic N) is 2. The maximum absolute atomic E-state index is 13.7. The zero-order valence-corrected chi connectivity index (χ0v) is 25.7. The van der Waals surface area contributed by atoms with Crippen LogP contribution in [0.2, 0.25) is 0 Å². The number of alkyl halides is 6. The van der Waals surface area contributed by atoms with E-state index in [4.69, 9.17) is 15.3 Å². The molecule has 47 heavy (non-hydrogen) atoms. The standard InChI is InChI=1S/C27H29F3N4O4.C3H5F3.CH3NO/c1-2-17(12-13-27(28,29)30)23(35)33-22-24(36)34(16-38-25(37)26(31)14-15-26)20-11-7-6-10-19(20)21(32-22)18-8-4-3-5-9-18;1-2-3(4,5)6;2-1-3/h3-11,17,22H,2,12-16,31H2,1H3,(H,33,35);2H2,1H3;1H,(H2,2,3)/t17-,22+;;/m0../s1. The number of carbonyl (C=O) groups is 4. The number of carbonyl (C=O) groups excluding carboxylic acids is 4. The van der Waals surface area contributed by atoms with Crippen molar-refractivity contribution in [1.29, 1.82) is 0 Å². The number of para-hydroxylation sites is 1. The Hall–Kier alpha value is -4.47. The number of halogens is 6. The SMILES string of the molecule is CCC(F)(F)F.CC[C@@H](CCC(F)(F)F)C(=O)N[C@H]1N=C(c2ccccc2)c2ccccc2N(COC(=O)C2(N)CC2)C1=O.NC=O.